The number of carbonyl (C=O) groups excluding carboxylic acids is 1. The SMILES string of the molecule is O=C(CNC1CC1)NCc1coc2ccccc12. The number of furan rings is 1. The molecule has 1 fully saturated rings. The lowest BCUT2D eigenvalue weighted by molar-refractivity contribution is -0.120. The second kappa shape index (κ2) is 4.82. The highest BCUT2D eigenvalue weighted by Crippen LogP contribution is 2.20. The minimum absolute atomic E-state index is 0.0344. The number of hydrogen-bond acceptors (Lipinski definition) is 3. The van der Waals surface area contributed by atoms with Gasteiger partial charge in [-0.25, -0.2) is 0 Å². The third-order valence-electron chi connectivity index (χ3n) is 3.17. The lowest BCUT2D eigenvalue weighted by Gasteiger charge is -2.04. The van der Waals surface area contributed by atoms with Crippen molar-refractivity contribution in [2.24, 2.45) is 0 Å². The molecule has 94 valence electrons. The molecule has 2 N–H and O–H groups in total. The van der Waals surface area contributed by atoms with Crippen molar-refractivity contribution in [3.05, 3.63) is 36.1 Å². The number of benzene rings is 1. The summed E-state index contributed by atoms with van der Waals surface area (Å²) in [6.07, 6.45) is 4.10. The molecule has 0 aliphatic heterocycles. The summed E-state index contributed by atoms with van der Waals surface area (Å²) < 4.78 is 5.42. The second-order valence-electron chi connectivity index (χ2n) is 4.69. The van der Waals surface area contributed by atoms with E-state index >= 15 is 0 Å². The molecule has 4 heteroatoms. The van der Waals surface area contributed by atoms with Gasteiger partial charge in [-0.05, 0) is 18.9 Å². The lowest BCUT2D eigenvalue weighted by Crippen LogP contribution is -2.34. The van der Waals surface area contributed by atoms with Gasteiger partial charge in [-0.3, -0.25) is 4.79 Å². The summed E-state index contributed by atoms with van der Waals surface area (Å²) in [6, 6.07) is 8.40. The van der Waals surface area contributed by atoms with Gasteiger partial charge in [0.15, 0.2) is 0 Å². The van der Waals surface area contributed by atoms with E-state index in [2.05, 4.69) is 10.6 Å². The molecule has 18 heavy (non-hydrogen) atoms. The maximum atomic E-state index is 11.6. The Labute approximate surface area is 105 Å². The third-order valence-corrected chi connectivity index (χ3v) is 3.17. The summed E-state index contributed by atoms with van der Waals surface area (Å²) in [5, 5.41) is 7.15. The van der Waals surface area contributed by atoms with Crippen LogP contribution in [0.1, 0.15) is 18.4 Å². The molecular weight excluding hydrogens is 228 g/mol. The van der Waals surface area contributed by atoms with E-state index < -0.39 is 0 Å². The summed E-state index contributed by atoms with van der Waals surface area (Å²) in [6.45, 7) is 0.919. The van der Waals surface area contributed by atoms with E-state index in [-0.39, 0.29) is 5.91 Å². The van der Waals surface area contributed by atoms with Crippen LogP contribution in [0.2, 0.25) is 0 Å². The molecule has 1 aliphatic rings. The first-order valence-electron chi connectivity index (χ1n) is 6.28. The van der Waals surface area contributed by atoms with Crippen LogP contribution in [0.25, 0.3) is 11.0 Å². The predicted molar refractivity (Wildman–Crippen MR) is 69.1 cm³/mol. The number of carbonyl (C=O) groups is 1. The minimum Gasteiger partial charge on any atom is -0.464 e. The topological polar surface area (TPSA) is 54.3 Å². The van der Waals surface area contributed by atoms with Gasteiger partial charge in [0, 0.05) is 23.5 Å². The molecular formula is C14H16N2O2. The first-order valence-corrected chi connectivity index (χ1v) is 6.28. The highest BCUT2D eigenvalue weighted by atomic mass is 16.3. The molecule has 1 aromatic heterocycles. The van der Waals surface area contributed by atoms with Crippen LogP contribution in [0.15, 0.2) is 34.9 Å². The highest BCUT2D eigenvalue weighted by molar-refractivity contribution is 5.82. The van der Waals surface area contributed by atoms with Crippen molar-refractivity contribution in [2.45, 2.75) is 25.4 Å². The van der Waals surface area contributed by atoms with Crippen molar-refractivity contribution < 1.29 is 9.21 Å². The van der Waals surface area contributed by atoms with Crippen LogP contribution in [0.3, 0.4) is 0 Å². The summed E-state index contributed by atoms with van der Waals surface area (Å²) in [7, 11) is 0. The van der Waals surface area contributed by atoms with Gasteiger partial charge in [-0.2, -0.15) is 0 Å². The third kappa shape index (κ3) is 2.54. The summed E-state index contributed by atoms with van der Waals surface area (Å²) in [5.74, 6) is 0.0344. The summed E-state index contributed by atoms with van der Waals surface area (Å²) in [4.78, 5) is 11.6. The maximum Gasteiger partial charge on any atom is 0.234 e. The molecule has 0 bridgehead atoms. The van der Waals surface area contributed by atoms with E-state index in [0.29, 0.717) is 19.1 Å². The van der Waals surface area contributed by atoms with E-state index in [4.69, 9.17) is 4.42 Å². The smallest absolute Gasteiger partial charge is 0.234 e. The zero-order chi connectivity index (χ0) is 12.4. The minimum atomic E-state index is 0.0344. The molecule has 0 atom stereocenters. The fraction of sp³-hybridized carbons (Fsp3) is 0.357. The zero-order valence-corrected chi connectivity index (χ0v) is 10.1. The molecule has 1 amide bonds. The molecule has 3 rings (SSSR count). The standard InChI is InChI=1S/C14H16N2O2/c17-14(8-15-11-5-6-11)16-7-10-9-18-13-4-2-1-3-12(10)13/h1-4,9,11,15H,5-8H2,(H,16,17). The molecule has 0 unspecified atom stereocenters. The van der Waals surface area contributed by atoms with Crippen LogP contribution in [0.4, 0.5) is 0 Å². The van der Waals surface area contributed by atoms with E-state index in [0.717, 1.165) is 16.5 Å². The van der Waals surface area contributed by atoms with Crippen LogP contribution >= 0.6 is 0 Å². The first kappa shape index (κ1) is 11.3. The van der Waals surface area contributed by atoms with E-state index in [1.54, 1.807) is 6.26 Å². The number of hydrogen-bond donors (Lipinski definition) is 2. The van der Waals surface area contributed by atoms with Crippen LogP contribution in [0, 0.1) is 0 Å². The molecule has 0 spiro atoms. The lowest BCUT2D eigenvalue weighted by atomic mass is 10.2. The Morgan fingerprint density at radius 1 is 1.33 bits per heavy atom. The highest BCUT2D eigenvalue weighted by Gasteiger charge is 2.21. The Morgan fingerprint density at radius 3 is 3.00 bits per heavy atom. The molecule has 0 radical (unpaired) electrons. The normalized spacial score (nSPS) is 14.9. The van der Waals surface area contributed by atoms with Crippen molar-refractivity contribution in [3.8, 4) is 0 Å². The molecule has 1 saturated carbocycles. The Morgan fingerprint density at radius 2 is 2.17 bits per heavy atom. The van der Waals surface area contributed by atoms with Crippen molar-refractivity contribution >= 4 is 16.9 Å². The largest absolute Gasteiger partial charge is 0.464 e. The van der Waals surface area contributed by atoms with Gasteiger partial charge in [0.25, 0.3) is 0 Å². The summed E-state index contributed by atoms with van der Waals surface area (Å²) in [5.41, 5.74) is 1.88. The van der Waals surface area contributed by atoms with Gasteiger partial charge in [0.05, 0.1) is 12.8 Å². The Kier molecular flexibility index (Phi) is 3.02. The predicted octanol–water partition coefficient (Wildman–Crippen LogP) is 1.80. The quantitative estimate of drug-likeness (QED) is 0.843. The van der Waals surface area contributed by atoms with Crippen LogP contribution in [-0.2, 0) is 11.3 Å². The van der Waals surface area contributed by atoms with Gasteiger partial charge in [-0.1, -0.05) is 18.2 Å². The van der Waals surface area contributed by atoms with Gasteiger partial charge in [0.2, 0.25) is 5.91 Å². The maximum absolute atomic E-state index is 11.6. The fourth-order valence-electron chi connectivity index (χ4n) is 1.95. The van der Waals surface area contributed by atoms with E-state index in [1.165, 1.54) is 12.8 Å². The van der Waals surface area contributed by atoms with Gasteiger partial charge < -0.3 is 15.1 Å². The average Bonchev–Trinajstić information content (AvgIpc) is 3.14. The van der Waals surface area contributed by atoms with Crippen molar-refractivity contribution in [1.82, 2.24) is 10.6 Å². The number of amides is 1. The fourth-order valence-corrected chi connectivity index (χ4v) is 1.95. The first-order chi connectivity index (χ1) is 8.83. The van der Waals surface area contributed by atoms with Crippen LogP contribution in [0.5, 0.6) is 0 Å². The second-order valence-corrected chi connectivity index (χ2v) is 4.69. The van der Waals surface area contributed by atoms with E-state index in [1.807, 2.05) is 24.3 Å². The Bertz CT molecular complexity index is 558. The van der Waals surface area contributed by atoms with Crippen LogP contribution < -0.4 is 10.6 Å². The van der Waals surface area contributed by atoms with Gasteiger partial charge >= 0.3 is 0 Å². The average molecular weight is 244 g/mol. The van der Waals surface area contributed by atoms with Gasteiger partial charge in [-0.15, -0.1) is 0 Å². The Balaban J connectivity index is 1.57. The Hall–Kier alpha value is -1.81. The van der Waals surface area contributed by atoms with Crippen molar-refractivity contribution in [1.29, 1.82) is 0 Å². The van der Waals surface area contributed by atoms with Gasteiger partial charge in [0.1, 0.15) is 5.58 Å². The zero-order valence-electron chi connectivity index (χ0n) is 10.1. The van der Waals surface area contributed by atoms with Crippen molar-refractivity contribution in [3.63, 3.8) is 0 Å². The van der Waals surface area contributed by atoms with E-state index in [9.17, 15) is 4.79 Å². The molecule has 1 aromatic carbocycles. The molecule has 2 aromatic rings. The number of para-hydroxylation sites is 1. The van der Waals surface area contributed by atoms with Crippen LogP contribution in [-0.4, -0.2) is 18.5 Å². The molecule has 0 saturated heterocycles. The monoisotopic (exact) mass is 244 g/mol. The number of fused-ring (bicyclic) bond motifs is 1. The molecule has 1 heterocycles. The number of nitrogens with one attached hydrogen (secondary N) is 2. The molecule has 1 aliphatic carbocycles. The molecule has 4 nitrogen and oxygen atoms in total. The summed E-state index contributed by atoms with van der Waals surface area (Å²) >= 11 is 0. The number of rotatable bonds is 5. The van der Waals surface area contributed by atoms with Crippen molar-refractivity contribution in [2.75, 3.05) is 6.54 Å².